The predicted molar refractivity (Wildman–Crippen MR) is 104 cm³/mol. The highest BCUT2D eigenvalue weighted by molar-refractivity contribution is 6.32. The van der Waals surface area contributed by atoms with Gasteiger partial charge in [-0.15, -0.1) is 0 Å². The first kappa shape index (κ1) is 20.5. The summed E-state index contributed by atoms with van der Waals surface area (Å²) in [6.07, 6.45) is -4.15. The zero-order valence-corrected chi connectivity index (χ0v) is 16.0. The summed E-state index contributed by atoms with van der Waals surface area (Å²) in [5.41, 5.74) is 2.38. The first-order chi connectivity index (χ1) is 13.4. The summed E-state index contributed by atoms with van der Waals surface area (Å²) < 4.78 is 37.7. The average Bonchev–Trinajstić information content (AvgIpc) is 3.13. The third-order valence-electron chi connectivity index (χ3n) is 5.00. The van der Waals surface area contributed by atoms with Gasteiger partial charge in [-0.25, -0.2) is 0 Å². The molecule has 1 heterocycles. The maximum absolute atomic E-state index is 12.6. The molecule has 3 rings (SSSR count). The summed E-state index contributed by atoms with van der Waals surface area (Å²) >= 11 is 6.23. The monoisotopic (exact) mass is 407 g/mol. The predicted octanol–water partition coefficient (Wildman–Crippen LogP) is 5.24. The van der Waals surface area contributed by atoms with Crippen molar-refractivity contribution < 1.29 is 13.2 Å². The maximum Gasteiger partial charge on any atom is 0.390 e. The fraction of sp³-hybridized carbons (Fsp3) is 0.381. The lowest BCUT2D eigenvalue weighted by Gasteiger charge is -2.32. The molecule has 0 aromatic heterocycles. The van der Waals surface area contributed by atoms with Crippen LogP contribution >= 0.6 is 11.6 Å². The van der Waals surface area contributed by atoms with Crippen LogP contribution in [0.1, 0.15) is 24.0 Å². The zero-order valence-electron chi connectivity index (χ0n) is 15.3. The molecular weight excluding hydrogens is 387 g/mol. The number of halogens is 4. The molecule has 1 saturated heterocycles. The van der Waals surface area contributed by atoms with E-state index in [1.807, 2.05) is 41.3 Å². The Morgan fingerprint density at radius 2 is 1.93 bits per heavy atom. The topological polar surface area (TPSA) is 30.3 Å². The number of hydrogen-bond acceptors (Lipinski definition) is 3. The Balaban J connectivity index is 1.79. The van der Waals surface area contributed by atoms with E-state index >= 15 is 0 Å². The van der Waals surface area contributed by atoms with Gasteiger partial charge in [-0.2, -0.15) is 18.4 Å². The van der Waals surface area contributed by atoms with Gasteiger partial charge in [-0.3, -0.25) is 0 Å². The van der Waals surface area contributed by atoms with Gasteiger partial charge in [0.25, 0.3) is 0 Å². The van der Waals surface area contributed by atoms with Crippen LogP contribution < -0.4 is 4.90 Å². The van der Waals surface area contributed by atoms with Crippen molar-refractivity contribution in [1.29, 1.82) is 5.26 Å². The van der Waals surface area contributed by atoms with Gasteiger partial charge >= 0.3 is 6.18 Å². The number of benzene rings is 2. The molecule has 0 aliphatic carbocycles. The minimum Gasteiger partial charge on any atom is -0.363 e. The third-order valence-corrected chi connectivity index (χ3v) is 5.31. The minimum absolute atomic E-state index is 0.0211. The summed E-state index contributed by atoms with van der Waals surface area (Å²) in [7, 11) is 0. The highest BCUT2D eigenvalue weighted by Crippen LogP contribution is 2.30. The molecule has 0 N–H and O–H groups in total. The lowest BCUT2D eigenvalue weighted by molar-refractivity contribution is -0.137. The second-order valence-electron chi connectivity index (χ2n) is 7.00. The highest BCUT2D eigenvalue weighted by atomic mass is 35.5. The van der Waals surface area contributed by atoms with Crippen molar-refractivity contribution in [3.63, 3.8) is 0 Å². The van der Waals surface area contributed by atoms with Crippen LogP contribution in [-0.2, 0) is 6.54 Å². The standard InChI is InChI=1S/C21H21ClF3N3/c22-20-12-18(7-6-17(20)13-26)28(14-16-4-2-1-3-5-16)19-8-10-27(15-19)11-9-21(23,24)25/h1-7,12,19H,8-11,14-15H2/t19-/m0/s1. The Kier molecular flexibility index (Phi) is 6.48. The molecule has 0 bridgehead atoms. The van der Waals surface area contributed by atoms with E-state index in [9.17, 15) is 13.2 Å². The van der Waals surface area contributed by atoms with Gasteiger partial charge in [0.05, 0.1) is 17.0 Å². The Labute approximate surface area is 167 Å². The molecule has 0 saturated carbocycles. The van der Waals surface area contributed by atoms with E-state index in [2.05, 4.69) is 11.0 Å². The van der Waals surface area contributed by atoms with Crippen molar-refractivity contribution in [2.24, 2.45) is 0 Å². The van der Waals surface area contributed by atoms with Crippen molar-refractivity contribution in [2.45, 2.75) is 31.6 Å². The van der Waals surface area contributed by atoms with Gasteiger partial charge < -0.3 is 9.80 Å². The average molecular weight is 408 g/mol. The highest BCUT2D eigenvalue weighted by Gasteiger charge is 2.32. The van der Waals surface area contributed by atoms with E-state index in [0.29, 0.717) is 30.2 Å². The SMILES string of the molecule is N#Cc1ccc(N(Cc2ccccc2)[C@H]2CCN(CCC(F)(F)F)C2)cc1Cl. The van der Waals surface area contributed by atoms with Gasteiger partial charge in [0.15, 0.2) is 0 Å². The number of nitriles is 1. The van der Waals surface area contributed by atoms with Crippen LogP contribution in [0.15, 0.2) is 48.5 Å². The Bertz CT molecular complexity index is 833. The summed E-state index contributed by atoms with van der Waals surface area (Å²) in [5, 5.41) is 9.49. The first-order valence-electron chi connectivity index (χ1n) is 9.15. The molecule has 3 nitrogen and oxygen atoms in total. The number of rotatable bonds is 6. The molecule has 7 heteroatoms. The van der Waals surface area contributed by atoms with E-state index in [1.165, 1.54) is 0 Å². The summed E-state index contributed by atoms with van der Waals surface area (Å²) in [4.78, 5) is 4.04. The molecule has 0 spiro atoms. The number of anilines is 1. The number of nitrogens with zero attached hydrogens (tertiary/aromatic N) is 3. The summed E-state index contributed by atoms with van der Waals surface area (Å²) in [6.45, 7) is 1.85. The molecule has 2 aromatic carbocycles. The van der Waals surface area contributed by atoms with Gasteiger partial charge in [0.1, 0.15) is 6.07 Å². The molecule has 0 radical (unpaired) electrons. The zero-order chi connectivity index (χ0) is 20.1. The van der Waals surface area contributed by atoms with Crippen LogP contribution in [0.25, 0.3) is 0 Å². The molecule has 0 amide bonds. The lowest BCUT2D eigenvalue weighted by Crippen LogP contribution is -2.38. The van der Waals surface area contributed by atoms with Crippen molar-refractivity contribution in [2.75, 3.05) is 24.5 Å². The number of alkyl halides is 3. The molecular formula is C21H21ClF3N3. The molecule has 1 atom stereocenters. The second kappa shape index (κ2) is 8.85. The van der Waals surface area contributed by atoms with Crippen LogP contribution in [0.4, 0.5) is 18.9 Å². The van der Waals surface area contributed by atoms with E-state index in [4.69, 9.17) is 16.9 Å². The molecule has 0 unspecified atom stereocenters. The van der Waals surface area contributed by atoms with E-state index in [1.54, 1.807) is 12.1 Å². The quantitative estimate of drug-likeness (QED) is 0.655. The Hall–Kier alpha value is -2.23. The van der Waals surface area contributed by atoms with Gasteiger partial charge in [0, 0.05) is 37.9 Å². The fourth-order valence-corrected chi connectivity index (χ4v) is 3.76. The molecule has 1 aliphatic heterocycles. The van der Waals surface area contributed by atoms with Gasteiger partial charge in [-0.1, -0.05) is 41.9 Å². The molecule has 28 heavy (non-hydrogen) atoms. The first-order valence-corrected chi connectivity index (χ1v) is 9.53. The lowest BCUT2D eigenvalue weighted by atomic mass is 10.1. The molecule has 2 aromatic rings. The smallest absolute Gasteiger partial charge is 0.363 e. The summed E-state index contributed by atoms with van der Waals surface area (Å²) in [6, 6.07) is 17.4. The van der Waals surface area contributed by atoms with Crippen LogP contribution in [0.3, 0.4) is 0 Å². The van der Waals surface area contributed by atoms with Crippen LogP contribution in [0.5, 0.6) is 0 Å². The van der Waals surface area contributed by atoms with E-state index < -0.39 is 12.6 Å². The maximum atomic E-state index is 12.6. The van der Waals surface area contributed by atoms with Crippen molar-refractivity contribution in [3.8, 4) is 6.07 Å². The van der Waals surface area contributed by atoms with E-state index in [0.717, 1.165) is 17.7 Å². The fourth-order valence-electron chi connectivity index (χ4n) is 3.54. The normalized spacial score (nSPS) is 17.5. The number of hydrogen-bond donors (Lipinski definition) is 0. The van der Waals surface area contributed by atoms with Crippen LogP contribution in [-0.4, -0.2) is 36.8 Å². The Morgan fingerprint density at radius 3 is 2.57 bits per heavy atom. The van der Waals surface area contributed by atoms with Gasteiger partial charge in [-0.05, 0) is 30.2 Å². The van der Waals surface area contributed by atoms with Crippen molar-refractivity contribution >= 4 is 17.3 Å². The van der Waals surface area contributed by atoms with Gasteiger partial charge in [0.2, 0.25) is 0 Å². The third kappa shape index (κ3) is 5.40. The minimum atomic E-state index is -4.14. The van der Waals surface area contributed by atoms with E-state index in [-0.39, 0.29) is 12.6 Å². The second-order valence-corrected chi connectivity index (χ2v) is 7.40. The summed E-state index contributed by atoms with van der Waals surface area (Å²) in [5.74, 6) is 0. The van der Waals surface area contributed by atoms with Crippen molar-refractivity contribution in [1.82, 2.24) is 4.90 Å². The molecule has 1 fully saturated rings. The van der Waals surface area contributed by atoms with Crippen LogP contribution in [0, 0.1) is 11.3 Å². The largest absolute Gasteiger partial charge is 0.390 e. The van der Waals surface area contributed by atoms with Crippen molar-refractivity contribution in [3.05, 3.63) is 64.7 Å². The molecule has 1 aliphatic rings. The molecule has 148 valence electrons. The van der Waals surface area contributed by atoms with Crippen LogP contribution in [0.2, 0.25) is 5.02 Å². The Morgan fingerprint density at radius 1 is 1.18 bits per heavy atom. The number of likely N-dealkylation sites (tertiary alicyclic amines) is 1.